The van der Waals surface area contributed by atoms with Crippen LogP contribution in [0.25, 0.3) is 0 Å². The summed E-state index contributed by atoms with van der Waals surface area (Å²) in [6, 6.07) is 14.1. The lowest BCUT2D eigenvalue weighted by Crippen LogP contribution is -2.14. The van der Waals surface area contributed by atoms with Crippen molar-refractivity contribution in [2.24, 2.45) is 0 Å². The quantitative estimate of drug-likeness (QED) is 0.656. The van der Waals surface area contributed by atoms with Gasteiger partial charge in [0.1, 0.15) is 0 Å². The van der Waals surface area contributed by atoms with Crippen LogP contribution in [0.1, 0.15) is 10.4 Å². The Morgan fingerprint density at radius 1 is 1.17 bits per heavy atom. The first kappa shape index (κ1) is 12.5. The molecule has 3 nitrogen and oxygen atoms in total. The first-order valence-electron chi connectivity index (χ1n) is 5.53. The van der Waals surface area contributed by atoms with E-state index in [-0.39, 0.29) is 12.3 Å². The van der Waals surface area contributed by atoms with Crippen LogP contribution >= 0.6 is 11.6 Å². The van der Waals surface area contributed by atoms with Gasteiger partial charge in [0.2, 0.25) is 0 Å². The number of hydrogen-bond donors (Lipinski definition) is 2. The Bertz CT molecular complexity index is 552. The van der Waals surface area contributed by atoms with Gasteiger partial charge in [0, 0.05) is 22.0 Å². The Kier molecular flexibility index (Phi) is 3.85. The molecule has 0 spiro atoms. The Hall–Kier alpha value is -2.00. The maximum Gasteiger partial charge on any atom is 0.181 e. The van der Waals surface area contributed by atoms with Gasteiger partial charge in [-0.2, -0.15) is 0 Å². The molecule has 0 bridgehead atoms. The van der Waals surface area contributed by atoms with Gasteiger partial charge in [-0.3, -0.25) is 4.79 Å². The number of anilines is 2. The molecule has 2 aromatic carbocycles. The zero-order valence-electron chi connectivity index (χ0n) is 9.69. The number of rotatable bonds is 4. The van der Waals surface area contributed by atoms with E-state index in [1.54, 1.807) is 36.4 Å². The van der Waals surface area contributed by atoms with Crippen molar-refractivity contribution in [3.05, 3.63) is 59.1 Å². The molecular formula is C14H13ClN2O. The Balaban J connectivity index is 1.98. The molecule has 0 aliphatic heterocycles. The molecule has 2 aromatic rings. The molecule has 0 amide bonds. The molecule has 2 rings (SSSR count). The number of carbonyl (C=O) groups excluding carboxylic acids is 1. The van der Waals surface area contributed by atoms with Crippen LogP contribution in [0, 0.1) is 0 Å². The van der Waals surface area contributed by atoms with Gasteiger partial charge < -0.3 is 11.1 Å². The fraction of sp³-hybridized carbons (Fsp3) is 0.0714. The number of benzene rings is 2. The lowest BCUT2D eigenvalue weighted by molar-refractivity contribution is 0.101. The van der Waals surface area contributed by atoms with E-state index in [4.69, 9.17) is 17.3 Å². The summed E-state index contributed by atoms with van der Waals surface area (Å²) in [4.78, 5) is 11.9. The Morgan fingerprint density at radius 3 is 2.56 bits per heavy atom. The van der Waals surface area contributed by atoms with Gasteiger partial charge in [-0.15, -0.1) is 0 Å². The highest BCUT2D eigenvalue weighted by molar-refractivity contribution is 6.30. The third-order valence-electron chi connectivity index (χ3n) is 2.51. The lowest BCUT2D eigenvalue weighted by atomic mass is 10.1. The highest BCUT2D eigenvalue weighted by atomic mass is 35.5. The molecule has 0 radical (unpaired) electrons. The van der Waals surface area contributed by atoms with Crippen LogP contribution in [0.3, 0.4) is 0 Å². The van der Waals surface area contributed by atoms with Crippen molar-refractivity contribution < 1.29 is 4.79 Å². The van der Waals surface area contributed by atoms with E-state index < -0.39 is 0 Å². The topological polar surface area (TPSA) is 55.1 Å². The first-order chi connectivity index (χ1) is 8.65. The smallest absolute Gasteiger partial charge is 0.181 e. The van der Waals surface area contributed by atoms with Crippen LogP contribution in [0.2, 0.25) is 5.02 Å². The molecule has 0 aliphatic rings. The van der Waals surface area contributed by atoms with Crippen LogP contribution in [0.4, 0.5) is 11.4 Å². The maximum atomic E-state index is 11.9. The van der Waals surface area contributed by atoms with Crippen LogP contribution in [0.15, 0.2) is 48.5 Å². The minimum absolute atomic E-state index is 0.00255. The van der Waals surface area contributed by atoms with Crippen molar-refractivity contribution in [2.45, 2.75) is 0 Å². The molecular weight excluding hydrogens is 248 g/mol. The van der Waals surface area contributed by atoms with Gasteiger partial charge in [-0.05, 0) is 36.4 Å². The van der Waals surface area contributed by atoms with E-state index in [1.807, 2.05) is 12.1 Å². The SMILES string of the molecule is Nc1cccc(C(=O)CNc2ccc(Cl)cc2)c1. The molecule has 0 aliphatic carbocycles. The third-order valence-corrected chi connectivity index (χ3v) is 2.76. The number of nitrogens with two attached hydrogens (primary N) is 1. The summed E-state index contributed by atoms with van der Waals surface area (Å²) in [6.07, 6.45) is 0. The van der Waals surface area contributed by atoms with Crippen molar-refractivity contribution in [2.75, 3.05) is 17.6 Å². The predicted octanol–water partition coefficient (Wildman–Crippen LogP) is 3.22. The third kappa shape index (κ3) is 3.25. The standard InChI is InChI=1S/C14H13ClN2O/c15-11-4-6-13(7-5-11)17-9-14(18)10-2-1-3-12(16)8-10/h1-8,17H,9,16H2. The molecule has 92 valence electrons. The summed E-state index contributed by atoms with van der Waals surface area (Å²) >= 11 is 5.78. The average molecular weight is 261 g/mol. The van der Waals surface area contributed by atoms with Crippen molar-refractivity contribution in [1.82, 2.24) is 0 Å². The van der Waals surface area contributed by atoms with E-state index in [9.17, 15) is 4.79 Å². The fourth-order valence-corrected chi connectivity index (χ4v) is 1.69. The van der Waals surface area contributed by atoms with E-state index in [0.717, 1.165) is 5.69 Å². The van der Waals surface area contributed by atoms with Gasteiger partial charge in [-0.25, -0.2) is 0 Å². The first-order valence-corrected chi connectivity index (χ1v) is 5.91. The Labute approximate surface area is 111 Å². The molecule has 0 heterocycles. The van der Waals surface area contributed by atoms with Crippen molar-refractivity contribution in [3.63, 3.8) is 0 Å². The number of nitrogens with one attached hydrogen (secondary N) is 1. The largest absolute Gasteiger partial charge is 0.399 e. The maximum absolute atomic E-state index is 11.9. The number of nitrogen functional groups attached to an aromatic ring is 1. The van der Waals surface area contributed by atoms with Crippen LogP contribution < -0.4 is 11.1 Å². The van der Waals surface area contributed by atoms with E-state index >= 15 is 0 Å². The Morgan fingerprint density at radius 2 is 1.89 bits per heavy atom. The second kappa shape index (κ2) is 5.56. The second-order valence-corrected chi connectivity index (χ2v) is 4.35. The fourth-order valence-electron chi connectivity index (χ4n) is 1.56. The predicted molar refractivity (Wildman–Crippen MR) is 75.1 cm³/mol. The van der Waals surface area contributed by atoms with Gasteiger partial charge in [0.15, 0.2) is 5.78 Å². The summed E-state index contributed by atoms with van der Waals surface area (Å²) in [7, 11) is 0. The van der Waals surface area contributed by atoms with Crippen LogP contribution in [-0.4, -0.2) is 12.3 Å². The summed E-state index contributed by atoms with van der Waals surface area (Å²) < 4.78 is 0. The van der Waals surface area contributed by atoms with Gasteiger partial charge >= 0.3 is 0 Å². The highest BCUT2D eigenvalue weighted by Gasteiger charge is 2.05. The minimum atomic E-state index is -0.00255. The summed E-state index contributed by atoms with van der Waals surface area (Å²) in [5, 5.41) is 3.71. The molecule has 0 fully saturated rings. The molecule has 0 saturated carbocycles. The van der Waals surface area contributed by atoms with E-state index in [0.29, 0.717) is 16.3 Å². The summed E-state index contributed by atoms with van der Waals surface area (Å²) in [5.41, 5.74) is 7.69. The van der Waals surface area contributed by atoms with Gasteiger partial charge in [0.05, 0.1) is 6.54 Å². The van der Waals surface area contributed by atoms with E-state index in [1.165, 1.54) is 0 Å². The molecule has 3 N–H and O–H groups in total. The van der Waals surface area contributed by atoms with Crippen LogP contribution in [-0.2, 0) is 0 Å². The van der Waals surface area contributed by atoms with Crippen molar-refractivity contribution in [3.8, 4) is 0 Å². The number of hydrogen-bond acceptors (Lipinski definition) is 3. The van der Waals surface area contributed by atoms with Crippen molar-refractivity contribution in [1.29, 1.82) is 0 Å². The zero-order valence-corrected chi connectivity index (χ0v) is 10.4. The normalized spacial score (nSPS) is 10.1. The lowest BCUT2D eigenvalue weighted by Gasteiger charge is -2.06. The van der Waals surface area contributed by atoms with Gasteiger partial charge in [0.25, 0.3) is 0 Å². The molecule has 4 heteroatoms. The number of Topliss-reactive ketones (excluding diaryl/α,β-unsaturated/α-hetero) is 1. The zero-order chi connectivity index (χ0) is 13.0. The van der Waals surface area contributed by atoms with E-state index in [2.05, 4.69) is 5.32 Å². The molecule has 0 atom stereocenters. The molecule has 18 heavy (non-hydrogen) atoms. The van der Waals surface area contributed by atoms with Crippen LogP contribution in [0.5, 0.6) is 0 Å². The summed E-state index contributed by atoms with van der Waals surface area (Å²) in [5.74, 6) is -0.00255. The molecule has 0 aromatic heterocycles. The minimum Gasteiger partial charge on any atom is -0.399 e. The molecule has 0 unspecified atom stereocenters. The number of halogens is 1. The monoisotopic (exact) mass is 260 g/mol. The number of carbonyl (C=O) groups is 1. The van der Waals surface area contributed by atoms with Crippen molar-refractivity contribution >= 4 is 28.8 Å². The molecule has 0 saturated heterocycles. The average Bonchev–Trinajstić information content (AvgIpc) is 2.38. The van der Waals surface area contributed by atoms with Gasteiger partial charge in [-0.1, -0.05) is 23.7 Å². The number of ketones is 1. The second-order valence-electron chi connectivity index (χ2n) is 3.91. The highest BCUT2D eigenvalue weighted by Crippen LogP contribution is 2.13. The summed E-state index contributed by atoms with van der Waals surface area (Å²) in [6.45, 7) is 0.227.